The second-order valence-corrected chi connectivity index (χ2v) is 6.88. The Labute approximate surface area is 170 Å². The summed E-state index contributed by atoms with van der Waals surface area (Å²) in [6, 6.07) is 8.03. The number of likely N-dealkylation sites (tertiary alicyclic amines) is 1. The summed E-state index contributed by atoms with van der Waals surface area (Å²) in [6.45, 7) is -0.217. The van der Waals surface area contributed by atoms with E-state index in [1.54, 1.807) is 18.3 Å². The topological polar surface area (TPSA) is 91.4 Å². The molecule has 0 spiro atoms. The molecule has 1 aromatic carbocycles. The number of carbonyl (C=O) groups excluding carboxylic acids is 3. The minimum atomic E-state index is -4.47. The fourth-order valence-electron chi connectivity index (χ4n) is 3.12. The van der Waals surface area contributed by atoms with Gasteiger partial charge in [0.05, 0.1) is 29.9 Å². The van der Waals surface area contributed by atoms with Crippen LogP contribution in [0.4, 0.5) is 18.9 Å². The van der Waals surface area contributed by atoms with Crippen molar-refractivity contribution in [3.8, 4) is 0 Å². The van der Waals surface area contributed by atoms with Crippen LogP contribution in [-0.2, 0) is 27.1 Å². The molecule has 1 aliphatic rings. The molecular weight excluding hydrogens is 401 g/mol. The van der Waals surface area contributed by atoms with Crippen molar-refractivity contribution in [3.63, 3.8) is 0 Å². The number of alkyl halides is 3. The van der Waals surface area contributed by atoms with Gasteiger partial charge in [-0.1, -0.05) is 12.1 Å². The van der Waals surface area contributed by atoms with Crippen LogP contribution in [0.3, 0.4) is 0 Å². The molecule has 1 unspecified atom stereocenters. The van der Waals surface area contributed by atoms with E-state index < -0.39 is 29.5 Å². The van der Waals surface area contributed by atoms with Crippen LogP contribution in [0, 0.1) is 5.92 Å². The number of benzene rings is 1. The number of pyridine rings is 1. The van der Waals surface area contributed by atoms with Crippen molar-refractivity contribution in [1.29, 1.82) is 0 Å². The van der Waals surface area contributed by atoms with Crippen molar-refractivity contribution in [2.45, 2.75) is 19.1 Å². The zero-order valence-corrected chi connectivity index (χ0v) is 15.8. The van der Waals surface area contributed by atoms with Gasteiger partial charge in [0.15, 0.2) is 0 Å². The first-order valence-corrected chi connectivity index (χ1v) is 9.14. The van der Waals surface area contributed by atoms with E-state index in [-0.39, 0.29) is 32.0 Å². The fourth-order valence-corrected chi connectivity index (χ4v) is 3.12. The van der Waals surface area contributed by atoms with E-state index in [2.05, 4.69) is 15.6 Å². The Bertz CT molecular complexity index is 934. The third-order valence-corrected chi connectivity index (χ3v) is 4.58. The van der Waals surface area contributed by atoms with Crippen LogP contribution in [0.1, 0.15) is 17.5 Å². The maximum absolute atomic E-state index is 12.8. The number of anilines is 1. The van der Waals surface area contributed by atoms with Crippen LogP contribution in [-0.4, -0.2) is 40.7 Å². The van der Waals surface area contributed by atoms with Gasteiger partial charge in [-0.2, -0.15) is 13.2 Å². The van der Waals surface area contributed by atoms with E-state index in [4.69, 9.17) is 0 Å². The van der Waals surface area contributed by atoms with Gasteiger partial charge in [-0.05, 0) is 29.8 Å². The van der Waals surface area contributed by atoms with Crippen LogP contribution >= 0.6 is 0 Å². The summed E-state index contributed by atoms with van der Waals surface area (Å²) in [4.78, 5) is 41.6. The highest BCUT2D eigenvalue weighted by Crippen LogP contribution is 2.30. The van der Waals surface area contributed by atoms with E-state index in [1.807, 2.05) is 0 Å². The van der Waals surface area contributed by atoms with Gasteiger partial charge in [0.1, 0.15) is 0 Å². The van der Waals surface area contributed by atoms with Crippen LogP contribution in [0.5, 0.6) is 0 Å². The predicted molar refractivity (Wildman–Crippen MR) is 101 cm³/mol. The highest BCUT2D eigenvalue weighted by atomic mass is 19.4. The lowest BCUT2D eigenvalue weighted by Crippen LogP contribution is -2.37. The van der Waals surface area contributed by atoms with Gasteiger partial charge in [-0.3, -0.25) is 19.4 Å². The molecule has 2 heterocycles. The summed E-state index contributed by atoms with van der Waals surface area (Å²) in [5.41, 5.74) is 0.0238. The molecule has 10 heteroatoms. The zero-order chi connectivity index (χ0) is 21.7. The van der Waals surface area contributed by atoms with Gasteiger partial charge >= 0.3 is 6.18 Å². The average molecular weight is 420 g/mol. The van der Waals surface area contributed by atoms with Crippen molar-refractivity contribution in [2.75, 3.05) is 18.4 Å². The Morgan fingerprint density at radius 1 is 1.20 bits per heavy atom. The lowest BCUT2D eigenvalue weighted by atomic mass is 10.1. The minimum Gasteiger partial charge on any atom is -0.347 e. The van der Waals surface area contributed by atoms with Crippen molar-refractivity contribution in [2.24, 2.45) is 5.92 Å². The zero-order valence-electron chi connectivity index (χ0n) is 15.8. The lowest BCUT2D eigenvalue weighted by molar-refractivity contribution is -0.137. The molecule has 1 saturated heterocycles. The molecule has 0 bridgehead atoms. The molecule has 1 atom stereocenters. The largest absolute Gasteiger partial charge is 0.416 e. The molecule has 3 amide bonds. The molecule has 7 nitrogen and oxygen atoms in total. The third-order valence-electron chi connectivity index (χ3n) is 4.58. The average Bonchev–Trinajstić information content (AvgIpc) is 3.07. The molecule has 1 aliphatic heterocycles. The predicted octanol–water partition coefficient (Wildman–Crippen LogP) is 2.20. The fraction of sp³-hybridized carbons (Fsp3) is 0.300. The van der Waals surface area contributed by atoms with E-state index in [9.17, 15) is 27.6 Å². The second-order valence-electron chi connectivity index (χ2n) is 6.88. The van der Waals surface area contributed by atoms with Gasteiger partial charge < -0.3 is 15.5 Å². The first kappa shape index (κ1) is 21.3. The molecule has 30 heavy (non-hydrogen) atoms. The molecule has 0 aliphatic carbocycles. The number of amides is 3. The summed E-state index contributed by atoms with van der Waals surface area (Å²) in [5.74, 6) is -1.90. The molecule has 1 fully saturated rings. The quantitative estimate of drug-likeness (QED) is 0.750. The SMILES string of the molecule is O=C(CNC(=O)C1CC(=O)N(Cc2cccc(C(F)(F)F)c2)C1)Nc1cccnc1. The normalized spacial score (nSPS) is 16.4. The van der Waals surface area contributed by atoms with E-state index in [0.29, 0.717) is 11.3 Å². The second kappa shape index (κ2) is 8.93. The number of aromatic nitrogens is 1. The van der Waals surface area contributed by atoms with Gasteiger partial charge in [0.25, 0.3) is 0 Å². The maximum atomic E-state index is 12.8. The van der Waals surface area contributed by atoms with Gasteiger partial charge in [-0.25, -0.2) is 0 Å². The van der Waals surface area contributed by atoms with Crippen LogP contribution in [0.15, 0.2) is 48.8 Å². The summed E-state index contributed by atoms with van der Waals surface area (Å²) in [7, 11) is 0. The van der Waals surface area contributed by atoms with Gasteiger partial charge in [0, 0.05) is 25.7 Å². The Morgan fingerprint density at radius 3 is 2.70 bits per heavy atom. The first-order chi connectivity index (χ1) is 14.2. The number of nitrogens with one attached hydrogen (secondary N) is 2. The van der Waals surface area contributed by atoms with E-state index >= 15 is 0 Å². The monoisotopic (exact) mass is 420 g/mol. The van der Waals surface area contributed by atoms with Crippen LogP contribution < -0.4 is 10.6 Å². The standard InChI is InChI=1S/C20H19F3N4O3/c21-20(22,23)15-4-1-3-13(7-15)11-27-12-14(8-18(27)29)19(30)25-10-17(28)26-16-5-2-6-24-9-16/h1-7,9,14H,8,10-12H2,(H,25,30)(H,26,28). The Morgan fingerprint density at radius 2 is 2.00 bits per heavy atom. The first-order valence-electron chi connectivity index (χ1n) is 9.14. The Balaban J connectivity index is 1.51. The van der Waals surface area contributed by atoms with Gasteiger partial charge in [0.2, 0.25) is 17.7 Å². The third kappa shape index (κ3) is 5.56. The molecule has 1 aromatic heterocycles. The summed E-state index contributed by atoms with van der Waals surface area (Å²) in [5, 5.41) is 5.05. The summed E-state index contributed by atoms with van der Waals surface area (Å²) >= 11 is 0. The number of carbonyl (C=O) groups is 3. The Kier molecular flexibility index (Phi) is 6.34. The highest BCUT2D eigenvalue weighted by Gasteiger charge is 2.35. The number of nitrogens with zero attached hydrogens (tertiary/aromatic N) is 2. The number of hydrogen-bond donors (Lipinski definition) is 2. The lowest BCUT2D eigenvalue weighted by Gasteiger charge is -2.17. The maximum Gasteiger partial charge on any atom is 0.416 e. The number of halogens is 3. The van der Waals surface area contributed by atoms with Gasteiger partial charge in [-0.15, -0.1) is 0 Å². The molecule has 2 N–H and O–H groups in total. The molecule has 0 saturated carbocycles. The van der Waals surface area contributed by atoms with E-state index in [1.165, 1.54) is 23.2 Å². The van der Waals surface area contributed by atoms with Crippen LogP contribution in [0.25, 0.3) is 0 Å². The number of hydrogen-bond acceptors (Lipinski definition) is 4. The molecule has 0 radical (unpaired) electrons. The summed E-state index contributed by atoms with van der Waals surface area (Å²) in [6.07, 6.45) is -1.51. The molecule has 158 valence electrons. The summed E-state index contributed by atoms with van der Waals surface area (Å²) < 4.78 is 38.5. The number of rotatable bonds is 6. The molecule has 2 aromatic rings. The smallest absolute Gasteiger partial charge is 0.347 e. The van der Waals surface area contributed by atoms with Crippen molar-refractivity contribution < 1.29 is 27.6 Å². The molecule has 3 rings (SSSR count). The van der Waals surface area contributed by atoms with Crippen molar-refractivity contribution >= 4 is 23.4 Å². The van der Waals surface area contributed by atoms with Crippen molar-refractivity contribution in [3.05, 3.63) is 59.9 Å². The van der Waals surface area contributed by atoms with E-state index in [0.717, 1.165) is 12.1 Å². The molecular formula is C20H19F3N4O3. The minimum absolute atomic E-state index is 0.0198. The van der Waals surface area contributed by atoms with Crippen molar-refractivity contribution in [1.82, 2.24) is 15.2 Å². The Hall–Kier alpha value is -3.43. The van der Waals surface area contributed by atoms with Crippen LogP contribution in [0.2, 0.25) is 0 Å². The highest BCUT2D eigenvalue weighted by molar-refractivity contribution is 5.96.